The number of hydrogen-bond acceptors (Lipinski definition) is 5. The van der Waals surface area contributed by atoms with Gasteiger partial charge in [-0.05, 0) is 19.1 Å². The van der Waals surface area contributed by atoms with Crippen LogP contribution >= 0.6 is 11.3 Å². The molecule has 0 N–H and O–H groups in total. The van der Waals surface area contributed by atoms with Gasteiger partial charge in [0.25, 0.3) is 0 Å². The molecule has 2 aromatic heterocycles. The standard InChI is InChI=1S/C11H12N2O2S/c1-2-13(7-9-4-3-5-15-9)11-12-6-10(8-14)16-11/h3-6,8H,2,7H2,1H3. The van der Waals surface area contributed by atoms with Gasteiger partial charge in [-0.15, -0.1) is 0 Å². The van der Waals surface area contributed by atoms with E-state index in [0.717, 1.165) is 23.7 Å². The molecule has 0 amide bonds. The van der Waals surface area contributed by atoms with Gasteiger partial charge in [0.2, 0.25) is 0 Å². The van der Waals surface area contributed by atoms with Crippen molar-refractivity contribution in [2.24, 2.45) is 0 Å². The van der Waals surface area contributed by atoms with Gasteiger partial charge in [0.1, 0.15) is 5.76 Å². The second-order valence-corrected chi connectivity index (χ2v) is 4.30. The molecule has 0 aliphatic carbocycles. The summed E-state index contributed by atoms with van der Waals surface area (Å²) in [6.07, 6.45) is 4.07. The van der Waals surface area contributed by atoms with E-state index in [1.165, 1.54) is 11.3 Å². The third-order valence-electron chi connectivity index (χ3n) is 2.21. The van der Waals surface area contributed by atoms with Gasteiger partial charge in [-0.3, -0.25) is 4.79 Å². The lowest BCUT2D eigenvalue weighted by molar-refractivity contribution is 0.112. The van der Waals surface area contributed by atoms with Crippen molar-refractivity contribution in [1.82, 2.24) is 4.98 Å². The number of nitrogens with zero attached hydrogens (tertiary/aromatic N) is 2. The molecule has 0 aliphatic heterocycles. The molecule has 0 fully saturated rings. The van der Waals surface area contributed by atoms with Crippen molar-refractivity contribution in [2.45, 2.75) is 13.5 Å². The summed E-state index contributed by atoms with van der Waals surface area (Å²) in [4.78, 5) is 17.5. The number of aldehydes is 1. The zero-order chi connectivity index (χ0) is 11.4. The lowest BCUT2D eigenvalue weighted by Gasteiger charge is -2.17. The maximum atomic E-state index is 10.6. The Hall–Kier alpha value is -1.62. The Morgan fingerprint density at radius 1 is 1.62 bits per heavy atom. The van der Waals surface area contributed by atoms with Gasteiger partial charge >= 0.3 is 0 Å². The molecule has 0 unspecified atom stereocenters. The van der Waals surface area contributed by atoms with E-state index in [-0.39, 0.29) is 0 Å². The van der Waals surface area contributed by atoms with Gasteiger partial charge in [-0.2, -0.15) is 0 Å². The molecule has 0 saturated heterocycles. The van der Waals surface area contributed by atoms with Crippen LogP contribution in [0.2, 0.25) is 0 Å². The normalized spacial score (nSPS) is 10.3. The zero-order valence-corrected chi connectivity index (χ0v) is 9.74. The van der Waals surface area contributed by atoms with E-state index in [2.05, 4.69) is 9.88 Å². The fraction of sp³-hybridized carbons (Fsp3) is 0.273. The Balaban J connectivity index is 2.12. The molecule has 84 valence electrons. The van der Waals surface area contributed by atoms with Crippen molar-refractivity contribution in [1.29, 1.82) is 0 Å². The van der Waals surface area contributed by atoms with Crippen molar-refractivity contribution in [3.63, 3.8) is 0 Å². The van der Waals surface area contributed by atoms with E-state index in [1.807, 2.05) is 19.1 Å². The molecule has 16 heavy (non-hydrogen) atoms. The molecule has 5 heteroatoms. The molecular weight excluding hydrogens is 224 g/mol. The first-order valence-electron chi connectivity index (χ1n) is 5.01. The number of thiazole rings is 1. The minimum absolute atomic E-state index is 0.646. The van der Waals surface area contributed by atoms with Gasteiger partial charge in [0, 0.05) is 6.54 Å². The lowest BCUT2D eigenvalue weighted by atomic mass is 10.4. The lowest BCUT2D eigenvalue weighted by Crippen LogP contribution is -2.21. The van der Waals surface area contributed by atoms with E-state index < -0.39 is 0 Å². The quantitative estimate of drug-likeness (QED) is 0.748. The second kappa shape index (κ2) is 4.94. The topological polar surface area (TPSA) is 46.3 Å². The average molecular weight is 236 g/mol. The van der Waals surface area contributed by atoms with Gasteiger partial charge in [0.05, 0.1) is 23.9 Å². The molecule has 4 nitrogen and oxygen atoms in total. The predicted molar refractivity (Wildman–Crippen MR) is 62.9 cm³/mol. The Bertz CT molecular complexity index is 450. The van der Waals surface area contributed by atoms with E-state index in [4.69, 9.17) is 4.42 Å². The molecule has 0 radical (unpaired) electrons. The van der Waals surface area contributed by atoms with Crippen LogP contribution < -0.4 is 4.90 Å². The van der Waals surface area contributed by atoms with Crippen molar-refractivity contribution in [3.8, 4) is 0 Å². The zero-order valence-electron chi connectivity index (χ0n) is 8.92. The number of anilines is 1. The van der Waals surface area contributed by atoms with Crippen molar-refractivity contribution >= 4 is 22.8 Å². The monoisotopic (exact) mass is 236 g/mol. The third kappa shape index (κ3) is 2.30. The van der Waals surface area contributed by atoms with E-state index in [0.29, 0.717) is 11.4 Å². The highest BCUT2D eigenvalue weighted by atomic mass is 32.1. The first-order valence-corrected chi connectivity index (χ1v) is 5.83. The van der Waals surface area contributed by atoms with Crippen LogP contribution in [0.15, 0.2) is 29.0 Å². The first kappa shape index (κ1) is 10.9. The average Bonchev–Trinajstić information content (AvgIpc) is 2.96. The molecular formula is C11H12N2O2S. The smallest absolute Gasteiger partial charge is 0.186 e. The Kier molecular flexibility index (Phi) is 3.36. The van der Waals surface area contributed by atoms with E-state index in [1.54, 1.807) is 12.5 Å². The number of rotatable bonds is 5. The fourth-order valence-electron chi connectivity index (χ4n) is 1.38. The number of aromatic nitrogens is 1. The molecule has 0 bridgehead atoms. The Morgan fingerprint density at radius 2 is 2.50 bits per heavy atom. The first-order chi connectivity index (χ1) is 7.83. The maximum absolute atomic E-state index is 10.6. The van der Waals surface area contributed by atoms with Crippen LogP contribution in [0.3, 0.4) is 0 Å². The highest BCUT2D eigenvalue weighted by molar-refractivity contribution is 7.17. The van der Waals surface area contributed by atoms with Crippen LogP contribution in [0.5, 0.6) is 0 Å². The minimum Gasteiger partial charge on any atom is -0.467 e. The molecule has 2 aromatic rings. The fourth-order valence-corrected chi connectivity index (χ4v) is 2.18. The molecule has 0 spiro atoms. The van der Waals surface area contributed by atoms with Crippen LogP contribution in [-0.4, -0.2) is 17.8 Å². The summed E-state index contributed by atoms with van der Waals surface area (Å²) in [5, 5.41) is 0.848. The summed E-state index contributed by atoms with van der Waals surface area (Å²) in [6.45, 7) is 3.55. The van der Waals surface area contributed by atoms with E-state index in [9.17, 15) is 4.79 Å². The number of hydrogen-bond donors (Lipinski definition) is 0. The molecule has 0 saturated carbocycles. The summed E-state index contributed by atoms with van der Waals surface area (Å²) in [5.74, 6) is 0.893. The summed E-state index contributed by atoms with van der Waals surface area (Å²) < 4.78 is 5.29. The number of carbonyl (C=O) groups excluding carboxylic acids is 1. The number of furan rings is 1. The molecule has 0 aliphatic rings. The summed E-state index contributed by atoms with van der Waals surface area (Å²) >= 11 is 1.39. The molecule has 2 heterocycles. The van der Waals surface area contributed by atoms with Crippen molar-refractivity contribution in [2.75, 3.05) is 11.4 Å². The Morgan fingerprint density at radius 3 is 3.06 bits per heavy atom. The van der Waals surface area contributed by atoms with Crippen molar-refractivity contribution < 1.29 is 9.21 Å². The Labute approximate surface area is 97.5 Å². The summed E-state index contributed by atoms with van der Waals surface area (Å²) in [7, 11) is 0. The van der Waals surface area contributed by atoms with Gasteiger partial charge in [0.15, 0.2) is 11.4 Å². The highest BCUT2D eigenvalue weighted by Crippen LogP contribution is 2.22. The van der Waals surface area contributed by atoms with Crippen LogP contribution in [0.25, 0.3) is 0 Å². The minimum atomic E-state index is 0.646. The van der Waals surface area contributed by atoms with Gasteiger partial charge < -0.3 is 9.32 Å². The van der Waals surface area contributed by atoms with E-state index >= 15 is 0 Å². The SMILES string of the molecule is CCN(Cc1ccco1)c1ncc(C=O)s1. The van der Waals surface area contributed by atoms with Crippen LogP contribution in [0, 0.1) is 0 Å². The van der Waals surface area contributed by atoms with Crippen LogP contribution in [0.4, 0.5) is 5.13 Å². The molecule has 0 atom stereocenters. The highest BCUT2D eigenvalue weighted by Gasteiger charge is 2.11. The van der Waals surface area contributed by atoms with Crippen LogP contribution in [-0.2, 0) is 6.54 Å². The second-order valence-electron chi connectivity index (χ2n) is 3.26. The molecule has 2 rings (SSSR count). The van der Waals surface area contributed by atoms with Crippen LogP contribution in [0.1, 0.15) is 22.4 Å². The molecule has 0 aromatic carbocycles. The van der Waals surface area contributed by atoms with Crippen molar-refractivity contribution in [3.05, 3.63) is 35.2 Å². The van der Waals surface area contributed by atoms with Gasteiger partial charge in [-0.25, -0.2) is 4.98 Å². The summed E-state index contributed by atoms with van der Waals surface area (Å²) in [5.41, 5.74) is 0. The predicted octanol–water partition coefficient (Wildman–Crippen LogP) is 2.58. The third-order valence-corrected chi connectivity index (χ3v) is 3.19. The maximum Gasteiger partial charge on any atom is 0.186 e. The van der Waals surface area contributed by atoms with Gasteiger partial charge in [-0.1, -0.05) is 11.3 Å². The largest absolute Gasteiger partial charge is 0.467 e. The summed E-state index contributed by atoms with van der Waals surface area (Å²) in [6, 6.07) is 3.79. The number of carbonyl (C=O) groups is 1.